The summed E-state index contributed by atoms with van der Waals surface area (Å²) in [5.41, 5.74) is 10.6. The Hall–Kier alpha value is -6.64. The summed E-state index contributed by atoms with van der Waals surface area (Å²) in [6.07, 6.45) is 0. The summed E-state index contributed by atoms with van der Waals surface area (Å²) in [5.74, 6) is 0. The summed E-state index contributed by atoms with van der Waals surface area (Å²) in [6.45, 7) is 0. The fraction of sp³-hybridized carbons (Fsp3) is 0. The number of fused-ring (bicyclic) bond motifs is 9. The Balaban J connectivity index is 1.31. The number of hydrogen-bond acceptors (Lipinski definition) is 2. The third-order valence-electron chi connectivity index (χ3n) is 10.5. The van der Waals surface area contributed by atoms with E-state index in [9.17, 15) is 0 Å². The molecule has 0 aliphatic carbocycles. The smallest absolute Gasteiger partial charge is 0.136 e. The first kappa shape index (κ1) is 27.3. The Labute approximate surface area is 287 Å². The third kappa shape index (κ3) is 3.85. The molecule has 0 unspecified atom stereocenters. The maximum Gasteiger partial charge on any atom is 0.136 e. The molecular formula is C48H28O2. The minimum Gasteiger partial charge on any atom is -0.456 e. The fourth-order valence-corrected chi connectivity index (χ4v) is 8.37. The fourth-order valence-electron chi connectivity index (χ4n) is 8.37. The SMILES string of the molecule is c1ccc2c(-c3c4ccccc4c(-c4cc(-c5cccc6oc7ccccc7c56)cc5oc6ccccc6c45)c4ccccc34)cccc2c1. The van der Waals surface area contributed by atoms with E-state index in [0.717, 1.165) is 60.6 Å². The van der Waals surface area contributed by atoms with Crippen molar-refractivity contribution in [1.29, 1.82) is 0 Å². The molecule has 0 saturated heterocycles. The van der Waals surface area contributed by atoms with Gasteiger partial charge in [0.15, 0.2) is 0 Å². The zero-order valence-electron chi connectivity index (χ0n) is 27.0. The normalized spacial score (nSPS) is 12.0. The molecule has 0 saturated carbocycles. The molecule has 0 fully saturated rings. The second-order valence-electron chi connectivity index (χ2n) is 13.1. The van der Waals surface area contributed by atoms with Crippen LogP contribution in [0.25, 0.3) is 110 Å². The molecule has 0 amide bonds. The molecule has 9 aromatic carbocycles. The number of rotatable bonds is 3. The molecule has 0 bridgehead atoms. The van der Waals surface area contributed by atoms with Crippen molar-refractivity contribution >= 4 is 76.2 Å². The second-order valence-corrected chi connectivity index (χ2v) is 13.1. The summed E-state index contributed by atoms with van der Waals surface area (Å²) in [7, 11) is 0. The lowest BCUT2D eigenvalue weighted by Gasteiger charge is -2.20. The summed E-state index contributed by atoms with van der Waals surface area (Å²) in [6, 6.07) is 60.8. The van der Waals surface area contributed by atoms with Gasteiger partial charge >= 0.3 is 0 Å². The van der Waals surface area contributed by atoms with E-state index in [0.29, 0.717) is 0 Å². The van der Waals surface area contributed by atoms with Crippen LogP contribution in [0.4, 0.5) is 0 Å². The molecule has 0 N–H and O–H groups in total. The molecule has 0 radical (unpaired) electrons. The van der Waals surface area contributed by atoms with Crippen LogP contribution in [0.3, 0.4) is 0 Å². The van der Waals surface area contributed by atoms with Gasteiger partial charge in [0.1, 0.15) is 22.3 Å². The zero-order chi connectivity index (χ0) is 32.8. The highest BCUT2D eigenvalue weighted by atomic mass is 16.3. The first-order valence-corrected chi connectivity index (χ1v) is 17.1. The minimum atomic E-state index is 0.870. The topological polar surface area (TPSA) is 26.3 Å². The van der Waals surface area contributed by atoms with Crippen LogP contribution in [-0.2, 0) is 0 Å². The summed E-state index contributed by atoms with van der Waals surface area (Å²) in [4.78, 5) is 0. The van der Waals surface area contributed by atoms with E-state index in [1.165, 1.54) is 49.0 Å². The van der Waals surface area contributed by atoms with Crippen molar-refractivity contribution in [2.45, 2.75) is 0 Å². The van der Waals surface area contributed by atoms with Crippen LogP contribution in [0.5, 0.6) is 0 Å². The lowest BCUT2D eigenvalue weighted by atomic mass is 9.83. The largest absolute Gasteiger partial charge is 0.456 e. The molecule has 0 aliphatic heterocycles. The van der Waals surface area contributed by atoms with Gasteiger partial charge in [0.25, 0.3) is 0 Å². The molecule has 11 rings (SSSR count). The van der Waals surface area contributed by atoms with Crippen LogP contribution in [0.15, 0.2) is 179 Å². The number of furan rings is 2. The van der Waals surface area contributed by atoms with Gasteiger partial charge in [-0.3, -0.25) is 0 Å². The maximum absolute atomic E-state index is 6.70. The van der Waals surface area contributed by atoms with Gasteiger partial charge in [-0.2, -0.15) is 0 Å². The van der Waals surface area contributed by atoms with Gasteiger partial charge in [-0.15, -0.1) is 0 Å². The van der Waals surface area contributed by atoms with Crippen molar-refractivity contribution in [1.82, 2.24) is 0 Å². The molecule has 11 aromatic rings. The lowest BCUT2D eigenvalue weighted by Crippen LogP contribution is -1.92. The summed E-state index contributed by atoms with van der Waals surface area (Å²) < 4.78 is 13.0. The van der Waals surface area contributed by atoms with E-state index in [4.69, 9.17) is 8.83 Å². The Morgan fingerprint density at radius 3 is 1.38 bits per heavy atom. The van der Waals surface area contributed by atoms with Crippen molar-refractivity contribution in [3.8, 4) is 33.4 Å². The highest BCUT2D eigenvalue weighted by Crippen LogP contribution is 2.49. The average Bonchev–Trinajstić information content (AvgIpc) is 3.75. The van der Waals surface area contributed by atoms with Crippen LogP contribution in [0.1, 0.15) is 0 Å². The monoisotopic (exact) mass is 636 g/mol. The molecular weight excluding hydrogens is 609 g/mol. The Morgan fingerprint density at radius 1 is 0.280 bits per heavy atom. The Kier molecular flexibility index (Phi) is 5.70. The van der Waals surface area contributed by atoms with Gasteiger partial charge in [0, 0.05) is 21.5 Å². The van der Waals surface area contributed by atoms with Gasteiger partial charge < -0.3 is 8.83 Å². The molecule has 0 aliphatic rings. The Morgan fingerprint density at radius 2 is 0.720 bits per heavy atom. The van der Waals surface area contributed by atoms with Gasteiger partial charge in [-0.25, -0.2) is 0 Å². The highest BCUT2D eigenvalue weighted by Gasteiger charge is 2.23. The summed E-state index contributed by atoms with van der Waals surface area (Å²) >= 11 is 0. The highest BCUT2D eigenvalue weighted by molar-refractivity contribution is 6.27. The van der Waals surface area contributed by atoms with Crippen molar-refractivity contribution in [2.75, 3.05) is 0 Å². The standard InChI is InChI=1S/C48H28O2/c1-2-15-31-29(13-1)14-11-23-33(31)45-34-16-3-5-18-36(34)46(37-19-6-4-17-35(37)45)40-27-30(28-44-48(40)39-21-8-10-25-42(39)50-44)32-22-12-26-43-47(32)38-20-7-9-24-41(38)49-43/h1-28H. The Bertz CT molecular complexity index is 3090. The molecule has 2 heteroatoms. The number of para-hydroxylation sites is 2. The first-order chi connectivity index (χ1) is 24.8. The van der Waals surface area contributed by atoms with Crippen LogP contribution >= 0.6 is 0 Å². The number of benzene rings is 9. The van der Waals surface area contributed by atoms with Crippen LogP contribution in [0, 0.1) is 0 Å². The zero-order valence-corrected chi connectivity index (χ0v) is 27.0. The van der Waals surface area contributed by atoms with Crippen LogP contribution in [0.2, 0.25) is 0 Å². The molecule has 0 atom stereocenters. The van der Waals surface area contributed by atoms with Crippen LogP contribution < -0.4 is 0 Å². The quantitative estimate of drug-likeness (QED) is 0.180. The molecule has 2 nitrogen and oxygen atoms in total. The average molecular weight is 637 g/mol. The molecule has 232 valence electrons. The third-order valence-corrected chi connectivity index (χ3v) is 10.5. The van der Waals surface area contributed by atoms with E-state index < -0.39 is 0 Å². The van der Waals surface area contributed by atoms with Crippen molar-refractivity contribution in [3.05, 3.63) is 170 Å². The summed E-state index contributed by atoms with van der Waals surface area (Å²) in [5, 5.41) is 11.8. The molecule has 2 aromatic heterocycles. The predicted molar refractivity (Wildman–Crippen MR) is 210 cm³/mol. The maximum atomic E-state index is 6.70. The van der Waals surface area contributed by atoms with E-state index in [2.05, 4.69) is 152 Å². The molecule has 50 heavy (non-hydrogen) atoms. The van der Waals surface area contributed by atoms with E-state index in [-0.39, 0.29) is 0 Å². The van der Waals surface area contributed by atoms with Gasteiger partial charge in [0.05, 0.1) is 0 Å². The van der Waals surface area contributed by atoms with E-state index in [1.807, 2.05) is 18.2 Å². The molecule has 2 heterocycles. The first-order valence-electron chi connectivity index (χ1n) is 17.1. The van der Waals surface area contributed by atoms with E-state index in [1.54, 1.807) is 0 Å². The molecule has 0 spiro atoms. The predicted octanol–water partition coefficient (Wildman–Crippen LogP) is 13.9. The van der Waals surface area contributed by atoms with Gasteiger partial charge in [0.2, 0.25) is 0 Å². The van der Waals surface area contributed by atoms with Crippen molar-refractivity contribution in [3.63, 3.8) is 0 Å². The van der Waals surface area contributed by atoms with Crippen LogP contribution in [-0.4, -0.2) is 0 Å². The van der Waals surface area contributed by atoms with Crippen molar-refractivity contribution < 1.29 is 8.83 Å². The lowest BCUT2D eigenvalue weighted by molar-refractivity contribution is 0.668. The number of hydrogen-bond donors (Lipinski definition) is 0. The van der Waals surface area contributed by atoms with Gasteiger partial charge in [-0.1, -0.05) is 140 Å². The van der Waals surface area contributed by atoms with E-state index >= 15 is 0 Å². The van der Waals surface area contributed by atoms with Crippen molar-refractivity contribution in [2.24, 2.45) is 0 Å². The second kappa shape index (κ2) is 10.4. The van der Waals surface area contributed by atoms with Gasteiger partial charge in [-0.05, 0) is 96.0 Å². The minimum absolute atomic E-state index is 0.870.